The van der Waals surface area contributed by atoms with Crippen LogP contribution in [0.1, 0.15) is 38.5 Å². The fourth-order valence-electron chi connectivity index (χ4n) is 6.28. The summed E-state index contributed by atoms with van der Waals surface area (Å²) in [6.07, 6.45) is 8.60. The summed E-state index contributed by atoms with van der Waals surface area (Å²) >= 11 is 1.45. The van der Waals surface area contributed by atoms with E-state index in [2.05, 4.69) is 25.6 Å². The van der Waals surface area contributed by atoms with Crippen molar-refractivity contribution < 1.29 is 4.92 Å². The molecular formula is C21H22N6O2S. The van der Waals surface area contributed by atoms with Crippen LogP contribution in [0.3, 0.4) is 0 Å². The number of nitro groups is 1. The first kappa shape index (κ1) is 18.0. The molecule has 0 unspecified atom stereocenters. The van der Waals surface area contributed by atoms with E-state index in [0.717, 1.165) is 47.2 Å². The van der Waals surface area contributed by atoms with Gasteiger partial charge >= 0.3 is 5.69 Å². The summed E-state index contributed by atoms with van der Waals surface area (Å²) in [5, 5.41) is 19.2. The summed E-state index contributed by atoms with van der Waals surface area (Å²) in [5.74, 6) is 2.72. The Kier molecular flexibility index (Phi) is 3.96. The highest BCUT2D eigenvalue weighted by Crippen LogP contribution is 2.57. The third kappa shape index (κ3) is 2.99. The van der Waals surface area contributed by atoms with E-state index < -0.39 is 4.92 Å². The van der Waals surface area contributed by atoms with Gasteiger partial charge in [-0.05, 0) is 68.4 Å². The number of anilines is 3. The Bertz CT molecular complexity index is 1080. The lowest BCUT2D eigenvalue weighted by molar-refractivity contribution is -0.383. The van der Waals surface area contributed by atoms with Crippen molar-refractivity contribution in [2.24, 2.45) is 17.8 Å². The van der Waals surface area contributed by atoms with E-state index in [1.54, 1.807) is 0 Å². The van der Waals surface area contributed by atoms with E-state index in [0.29, 0.717) is 10.9 Å². The van der Waals surface area contributed by atoms with Crippen LogP contribution in [-0.2, 0) is 0 Å². The highest BCUT2D eigenvalue weighted by Gasteiger charge is 2.51. The molecule has 4 fully saturated rings. The van der Waals surface area contributed by atoms with Crippen LogP contribution in [0.5, 0.6) is 0 Å². The van der Waals surface area contributed by atoms with Crippen LogP contribution in [0, 0.1) is 27.9 Å². The number of benzene rings is 1. The second kappa shape index (κ2) is 6.60. The summed E-state index contributed by atoms with van der Waals surface area (Å²) in [6, 6.07) is 7.77. The van der Waals surface area contributed by atoms with E-state index in [1.165, 1.54) is 36.9 Å². The second-order valence-electron chi connectivity index (χ2n) is 9.11. The molecule has 4 bridgehead atoms. The molecule has 4 saturated carbocycles. The molecule has 7 rings (SSSR count). The van der Waals surface area contributed by atoms with Crippen LogP contribution in [0.2, 0.25) is 0 Å². The van der Waals surface area contributed by atoms with Crippen molar-refractivity contribution >= 4 is 44.0 Å². The van der Waals surface area contributed by atoms with Gasteiger partial charge in [-0.15, -0.1) is 0 Å². The van der Waals surface area contributed by atoms with Crippen molar-refractivity contribution in [3.8, 4) is 0 Å². The van der Waals surface area contributed by atoms with Crippen LogP contribution >= 0.6 is 11.3 Å². The molecule has 0 radical (unpaired) electrons. The van der Waals surface area contributed by atoms with Gasteiger partial charge in [0.05, 0.1) is 15.1 Å². The zero-order chi connectivity index (χ0) is 20.3. The van der Waals surface area contributed by atoms with Gasteiger partial charge in [0.1, 0.15) is 6.33 Å². The predicted molar refractivity (Wildman–Crippen MR) is 116 cm³/mol. The van der Waals surface area contributed by atoms with Crippen molar-refractivity contribution in [3.63, 3.8) is 0 Å². The Balaban J connectivity index is 1.34. The highest BCUT2D eigenvalue weighted by molar-refractivity contribution is 7.22. The van der Waals surface area contributed by atoms with Crippen LogP contribution in [0.4, 0.5) is 22.5 Å². The van der Waals surface area contributed by atoms with Gasteiger partial charge in [-0.1, -0.05) is 23.5 Å². The molecule has 0 aliphatic heterocycles. The molecule has 2 N–H and O–H groups in total. The monoisotopic (exact) mass is 422 g/mol. The molecule has 0 saturated heterocycles. The first-order valence-corrected chi connectivity index (χ1v) is 11.3. The van der Waals surface area contributed by atoms with E-state index >= 15 is 0 Å². The quantitative estimate of drug-likeness (QED) is 0.434. The van der Waals surface area contributed by atoms with Crippen LogP contribution in [-0.4, -0.2) is 25.4 Å². The van der Waals surface area contributed by atoms with Gasteiger partial charge in [-0.25, -0.2) is 15.0 Å². The summed E-state index contributed by atoms with van der Waals surface area (Å²) in [5.41, 5.74) is 0.683. The van der Waals surface area contributed by atoms with Gasteiger partial charge in [0.25, 0.3) is 0 Å². The lowest BCUT2D eigenvalue weighted by Gasteiger charge is -2.57. The lowest BCUT2D eigenvalue weighted by atomic mass is 9.53. The number of aromatic nitrogens is 3. The Morgan fingerprint density at radius 2 is 1.70 bits per heavy atom. The van der Waals surface area contributed by atoms with E-state index in [-0.39, 0.29) is 17.0 Å². The molecule has 154 valence electrons. The molecule has 0 amide bonds. The van der Waals surface area contributed by atoms with E-state index in [9.17, 15) is 10.1 Å². The van der Waals surface area contributed by atoms with Gasteiger partial charge in [0.2, 0.25) is 11.6 Å². The molecule has 9 heteroatoms. The van der Waals surface area contributed by atoms with Crippen LogP contribution < -0.4 is 10.6 Å². The van der Waals surface area contributed by atoms with Gasteiger partial charge in [-0.2, -0.15) is 0 Å². The standard InChI is InChI=1S/C21H22N6O2S/c28-27(29)17-18(25-20-24-15-3-1-2-4-16(15)30-20)22-11-23-19(17)26-21-8-12-5-13(9-21)7-14(6-12)10-21/h1-4,11-14H,5-10H2,(H2,22,23,24,25,26). The third-order valence-electron chi connectivity index (χ3n) is 6.95. The Morgan fingerprint density at radius 3 is 2.37 bits per heavy atom. The predicted octanol–water partition coefficient (Wildman–Crippen LogP) is 5.12. The molecule has 2 aromatic heterocycles. The summed E-state index contributed by atoms with van der Waals surface area (Å²) in [7, 11) is 0. The van der Waals surface area contributed by atoms with Gasteiger partial charge < -0.3 is 10.6 Å². The van der Waals surface area contributed by atoms with Crippen molar-refractivity contribution in [1.82, 2.24) is 15.0 Å². The van der Waals surface area contributed by atoms with Gasteiger partial charge in [0, 0.05) is 5.54 Å². The van der Waals surface area contributed by atoms with Crippen LogP contribution in [0.15, 0.2) is 30.6 Å². The number of thiazole rings is 1. The molecule has 0 spiro atoms. The third-order valence-corrected chi connectivity index (χ3v) is 7.90. The van der Waals surface area contributed by atoms with Crippen LogP contribution in [0.25, 0.3) is 10.2 Å². The minimum Gasteiger partial charge on any atom is -0.359 e. The summed E-state index contributed by atoms with van der Waals surface area (Å²) < 4.78 is 1.02. The minimum atomic E-state index is -0.390. The Labute approximate surface area is 177 Å². The molecule has 0 atom stereocenters. The summed E-state index contributed by atoms with van der Waals surface area (Å²) in [6.45, 7) is 0. The van der Waals surface area contributed by atoms with Crippen molar-refractivity contribution in [1.29, 1.82) is 0 Å². The van der Waals surface area contributed by atoms with E-state index in [4.69, 9.17) is 0 Å². The Morgan fingerprint density at radius 1 is 1.03 bits per heavy atom. The number of para-hydroxylation sites is 1. The highest BCUT2D eigenvalue weighted by atomic mass is 32.1. The second-order valence-corrected chi connectivity index (χ2v) is 10.1. The molecule has 4 aliphatic carbocycles. The normalized spacial score (nSPS) is 29.3. The maximum atomic E-state index is 12.0. The average molecular weight is 423 g/mol. The largest absolute Gasteiger partial charge is 0.359 e. The topological polar surface area (TPSA) is 106 Å². The zero-order valence-electron chi connectivity index (χ0n) is 16.4. The number of rotatable bonds is 5. The number of fused-ring (bicyclic) bond motifs is 1. The maximum Gasteiger partial charge on any atom is 0.353 e. The van der Waals surface area contributed by atoms with Crippen molar-refractivity contribution in [2.45, 2.75) is 44.1 Å². The first-order chi connectivity index (χ1) is 14.6. The lowest BCUT2D eigenvalue weighted by Crippen LogP contribution is -2.55. The number of nitrogens with zero attached hydrogens (tertiary/aromatic N) is 4. The van der Waals surface area contributed by atoms with Gasteiger partial charge in [0.15, 0.2) is 5.13 Å². The van der Waals surface area contributed by atoms with E-state index in [1.807, 2.05) is 24.3 Å². The van der Waals surface area contributed by atoms with Gasteiger partial charge in [-0.3, -0.25) is 10.1 Å². The maximum absolute atomic E-state index is 12.0. The molecule has 4 aliphatic rings. The summed E-state index contributed by atoms with van der Waals surface area (Å²) in [4.78, 5) is 24.6. The van der Waals surface area contributed by atoms with Crippen molar-refractivity contribution in [2.75, 3.05) is 10.6 Å². The fourth-order valence-corrected chi connectivity index (χ4v) is 7.14. The molecule has 2 heterocycles. The SMILES string of the molecule is O=[N+]([O-])c1c(Nc2nc3ccccc3s2)ncnc1NC12CC3CC(CC(C3)C1)C2. The smallest absolute Gasteiger partial charge is 0.353 e. The first-order valence-electron chi connectivity index (χ1n) is 10.5. The molecular weight excluding hydrogens is 400 g/mol. The molecule has 1 aromatic carbocycles. The number of nitrogens with one attached hydrogen (secondary N) is 2. The molecule has 3 aromatic rings. The van der Waals surface area contributed by atoms with Crippen molar-refractivity contribution in [3.05, 3.63) is 40.7 Å². The number of hydrogen-bond donors (Lipinski definition) is 2. The zero-order valence-corrected chi connectivity index (χ0v) is 17.2. The fraction of sp³-hybridized carbons (Fsp3) is 0.476. The average Bonchev–Trinajstić information content (AvgIpc) is 3.08. The molecule has 30 heavy (non-hydrogen) atoms. The Hall–Kier alpha value is -2.81. The number of hydrogen-bond acceptors (Lipinski definition) is 8. The molecule has 8 nitrogen and oxygen atoms in total. The minimum absolute atomic E-state index is 0.0685.